The largest absolute Gasteiger partial charge is 0.385 e. The molecule has 0 spiro atoms. The maximum atomic E-state index is 12.2. The molecule has 3 rings (SSSR count). The lowest BCUT2D eigenvalue weighted by atomic mass is 10.3. The van der Waals surface area contributed by atoms with E-state index in [1.54, 1.807) is 12.3 Å². The molecule has 106 valence electrons. The zero-order valence-electron chi connectivity index (χ0n) is 11.5. The van der Waals surface area contributed by atoms with Gasteiger partial charge in [0.05, 0.1) is 10.2 Å². The molecule has 2 heterocycles. The van der Waals surface area contributed by atoms with Crippen molar-refractivity contribution >= 4 is 38.3 Å². The van der Waals surface area contributed by atoms with Gasteiger partial charge in [0.1, 0.15) is 5.69 Å². The Morgan fingerprint density at radius 1 is 1.29 bits per heavy atom. The molecule has 1 aromatic carbocycles. The highest BCUT2D eigenvalue weighted by Crippen LogP contribution is 2.25. The number of carbonyl (C=O) groups is 1. The van der Waals surface area contributed by atoms with Crippen molar-refractivity contribution in [3.63, 3.8) is 0 Å². The molecular weight excluding hydrogens is 284 g/mol. The Balaban J connectivity index is 1.80. The zero-order chi connectivity index (χ0) is 14.7. The molecule has 0 fully saturated rings. The average Bonchev–Trinajstić information content (AvgIpc) is 2.90. The third-order valence-corrected chi connectivity index (χ3v) is 3.84. The highest BCUT2D eigenvalue weighted by atomic mass is 32.1. The Morgan fingerprint density at radius 2 is 2.14 bits per heavy atom. The normalized spacial score (nSPS) is 10.5. The van der Waals surface area contributed by atoms with Gasteiger partial charge in [0, 0.05) is 18.4 Å². The van der Waals surface area contributed by atoms with Gasteiger partial charge in [0.2, 0.25) is 0 Å². The summed E-state index contributed by atoms with van der Waals surface area (Å²) >= 11 is 1.45. The molecule has 2 N–H and O–H groups in total. The quantitative estimate of drug-likeness (QED) is 0.775. The second-order valence-electron chi connectivity index (χ2n) is 4.40. The van der Waals surface area contributed by atoms with Crippen molar-refractivity contribution in [1.82, 2.24) is 9.97 Å². The molecule has 2 aromatic heterocycles. The summed E-state index contributed by atoms with van der Waals surface area (Å²) in [6.07, 6.45) is 1.62. The number of anilines is 2. The average molecular weight is 298 g/mol. The third-order valence-electron chi connectivity index (χ3n) is 2.89. The monoisotopic (exact) mass is 298 g/mol. The fourth-order valence-electron chi connectivity index (χ4n) is 1.96. The number of amides is 1. The van der Waals surface area contributed by atoms with Crippen molar-refractivity contribution in [3.8, 4) is 0 Å². The van der Waals surface area contributed by atoms with Crippen LogP contribution in [0.25, 0.3) is 10.2 Å². The van der Waals surface area contributed by atoms with Crippen LogP contribution in [0.1, 0.15) is 17.4 Å². The number of carbonyl (C=O) groups excluding carboxylic acids is 1. The van der Waals surface area contributed by atoms with Gasteiger partial charge in [-0.2, -0.15) is 0 Å². The number of para-hydroxylation sites is 1. The summed E-state index contributed by atoms with van der Waals surface area (Å²) in [4.78, 5) is 20.7. The summed E-state index contributed by atoms with van der Waals surface area (Å²) in [7, 11) is 0. The summed E-state index contributed by atoms with van der Waals surface area (Å²) in [5.74, 6) is -0.256. The van der Waals surface area contributed by atoms with Crippen molar-refractivity contribution in [1.29, 1.82) is 0 Å². The summed E-state index contributed by atoms with van der Waals surface area (Å²) in [6.45, 7) is 2.80. The van der Waals surface area contributed by atoms with E-state index >= 15 is 0 Å². The second kappa shape index (κ2) is 5.88. The van der Waals surface area contributed by atoms with Crippen molar-refractivity contribution in [2.75, 3.05) is 17.2 Å². The van der Waals surface area contributed by atoms with Gasteiger partial charge in [-0.05, 0) is 31.2 Å². The predicted octanol–water partition coefficient (Wildman–Crippen LogP) is 3.38. The number of nitrogens with one attached hydrogen (secondary N) is 2. The molecule has 0 aliphatic heterocycles. The molecule has 0 bridgehead atoms. The van der Waals surface area contributed by atoms with Crippen LogP contribution in [-0.4, -0.2) is 22.4 Å². The van der Waals surface area contributed by atoms with Gasteiger partial charge >= 0.3 is 0 Å². The van der Waals surface area contributed by atoms with E-state index in [0.717, 1.165) is 22.4 Å². The fraction of sp³-hybridized carbons (Fsp3) is 0.133. The highest BCUT2D eigenvalue weighted by molar-refractivity contribution is 7.22. The van der Waals surface area contributed by atoms with E-state index in [0.29, 0.717) is 10.8 Å². The van der Waals surface area contributed by atoms with E-state index in [-0.39, 0.29) is 5.91 Å². The molecule has 0 saturated heterocycles. The highest BCUT2D eigenvalue weighted by Gasteiger charge is 2.11. The molecule has 6 heteroatoms. The first-order valence-electron chi connectivity index (χ1n) is 6.63. The van der Waals surface area contributed by atoms with Crippen molar-refractivity contribution in [2.24, 2.45) is 0 Å². The van der Waals surface area contributed by atoms with Crippen LogP contribution in [0.3, 0.4) is 0 Å². The Hall–Kier alpha value is -2.47. The Morgan fingerprint density at radius 3 is 2.95 bits per heavy atom. The van der Waals surface area contributed by atoms with Crippen LogP contribution in [0.5, 0.6) is 0 Å². The predicted molar refractivity (Wildman–Crippen MR) is 86.0 cm³/mol. The first-order chi connectivity index (χ1) is 10.3. The van der Waals surface area contributed by atoms with E-state index in [1.165, 1.54) is 11.3 Å². The molecule has 21 heavy (non-hydrogen) atoms. The second-order valence-corrected chi connectivity index (χ2v) is 5.43. The summed E-state index contributed by atoms with van der Waals surface area (Å²) in [5, 5.41) is 6.53. The first-order valence-corrected chi connectivity index (χ1v) is 7.45. The number of hydrogen-bond donors (Lipinski definition) is 2. The van der Waals surface area contributed by atoms with Crippen LogP contribution in [0.4, 0.5) is 10.8 Å². The fourth-order valence-corrected chi connectivity index (χ4v) is 2.82. The van der Waals surface area contributed by atoms with E-state index in [9.17, 15) is 4.79 Å². The van der Waals surface area contributed by atoms with Crippen molar-refractivity contribution < 1.29 is 4.79 Å². The lowest BCUT2D eigenvalue weighted by molar-refractivity contribution is 0.102. The van der Waals surface area contributed by atoms with Gasteiger partial charge in [0.15, 0.2) is 5.13 Å². The molecule has 0 aliphatic carbocycles. The van der Waals surface area contributed by atoms with E-state index in [2.05, 4.69) is 20.6 Å². The van der Waals surface area contributed by atoms with Gasteiger partial charge < -0.3 is 5.32 Å². The minimum absolute atomic E-state index is 0.256. The number of benzene rings is 1. The molecular formula is C15H14N4OS. The Kier molecular flexibility index (Phi) is 3.79. The van der Waals surface area contributed by atoms with Crippen molar-refractivity contribution in [2.45, 2.75) is 6.92 Å². The maximum absolute atomic E-state index is 12.2. The van der Waals surface area contributed by atoms with Crippen LogP contribution >= 0.6 is 11.3 Å². The number of rotatable bonds is 4. The maximum Gasteiger partial charge on any atom is 0.276 e. The number of fused-ring (bicyclic) bond motifs is 1. The molecule has 0 atom stereocenters. The van der Waals surface area contributed by atoms with Gasteiger partial charge in [-0.3, -0.25) is 15.1 Å². The minimum Gasteiger partial charge on any atom is -0.385 e. The standard InChI is InChI=1S/C15H14N4OS/c1-2-16-10-7-8-17-12(9-10)14(20)19-15-18-11-5-3-4-6-13(11)21-15/h3-9H,2H2,1H3,(H,16,17)(H,18,19,20). The number of thiazole rings is 1. The van der Waals surface area contributed by atoms with Gasteiger partial charge in [-0.15, -0.1) is 0 Å². The number of nitrogens with zero attached hydrogens (tertiary/aromatic N) is 2. The van der Waals surface area contributed by atoms with E-state index < -0.39 is 0 Å². The third kappa shape index (κ3) is 3.00. The van der Waals surface area contributed by atoms with Gasteiger partial charge in [-0.25, -0.2) is 4.98 Å². The van der Waals surface area contributed by atoms with Crippen molar-refractivity contribution in [3.05, 3.63) is 48.3 Å². The van der Waals surface area contributed by atoms with Gasteiger partial charge in [-0.1, -0.05) is 23.5 Å². The summed E-state index contributed by atoms with van der Waals surface area (Å²) in [5.41, 5.74) is 2.13. The van der Waals surface area contributed by atoms with Crippen LogP contribution in [0.15, 0.2) is 42.6 Å². The SMILES string of the molecule is CCNc1ccnc(C(=O)Nc2nc3ccccc3s2)c1. The lowest BCUT2D eigenvalue weighted by Gasteiger charge is -2.05. The summed E-state index contributed by atoms with van der Waals surface area (Å²) in [6, 6.07) is 11.3. The smallest absolute Gasteiger partial charge is 0.276 e. The Bertz CT molecular complexity index is 751. The topological polar surface area (TPSA) is 66.9 Å². The first kappa shape index (κ1) is 13.5. The zero-order valence-corrected chi connectivity index (χ0v) is 12.3. The molecule has 0 saturated carbocycles. The molecule has 5 nitrogen and oxygen atoms in total. The van der Waals surface area contributed by atoms with Crippen LogP contribution in [-0.2, 0) is 0 Å². The van der Waals surface area contributed by atoms with E-state index in [1.807, 2.05) is 37.3 Å². The number of hydrogen-bond acceptors (Lipinski definition) is 5. The molecule has 0 unspecified atom stereocenters. The Labute approximate surface area is 126 Å². The van der Waals surface area contributed by atoms with Crippen LogP contribution in [0, 0.1) is 0 Å². The van der Waals surface area contributed by atoms with Crippen LogP contribution < -0.4 is 10.6 Å². The van der Waals surface area contributed by atoms with E-state index in [4.69, 9.17) is 0 Å². The van der Waals surface area contributed by atoms with Gasteiger partial charge in [0.25, 0.3) is 5.91 Å². The lowest BCUT2D eigenvalue weighted by Crippen LogP contribution is -2.13. The molecule has 0 aliphatic rings. The summed E-state index contributed by atoms with van der Waals surface area (Å²) < 4.78 is 1.04. The minimum atomic E-state index is -0.256. The molecule has 0 radical (unpaired) electrons. The number of pyridine rings is 1. The molecule has 3 aromatic rings. The molecule has 1 amide bonds. The van der Waals surface area contributed by atoms with Crippen LogP contribution in [0.2, 0.25) is 0 Å². The number of aromatic nitrogens is 2.